The molecule has 1 aliphatic rings. The van der Waals surface area contributed by atoms with E-state index in [1.807, 2.05) is 42.6 Å². The molecule has 1 aromatic heterocycles. The molecule has 0 aliphatic carbocycles. The van der Waals surface area contributed by atoms with Crippen LogP contribution < -0.4 is 14.8 Å². The van der Waals surface area contributed by atoms with Crippen molar-refractivity contribution in [1.82, 2.24) is 15.2 Å². The van der Waals surface area contributed by atoms with Crippen molar-refractivity contribution >= 4 is 12.0 Å². The number of ether oxygens (including phenoxy) is 2. The third kappa shape index (κ3) is 5.57. The summed E-state index contributed by atoms with van der Waals surface area (Å²) in [7, 11) is 3.19. The molecule has 3 rings (SSSR count). The largest absolute Gasteiger partial charge is 0.493 e. The van der Waals surface area contributed by atoms with Crippen LogP contribution >= 0.6 is 0 Å². The summed E-state index contributed by atoms with van der Waals surface area (Å²) in [5, 5.41) is 3.11. The van der Waals surface area contributed by atoms with Crippen LogP contribution in [-0.4, -0.2) is 49.1 Å². The molecule has 0 radical (unpaired) electrons. The summed E-state index contributed by atoms with van der Waals surface area (Å²) in [5.74, 6) is 1.22. The fourth-order valence-corrected chi connectivity index (χ4v) is 3.42. The standard InChI is InChI=1S/C22H27N3O3/c1-27-20-10-8-17(14-21(20)28-2)9-11-22(26)24-19-7-5-13-25(16-19)15-18-6-3-4-12-23-18/h3-4,6,8-12,14,19H,5,7,13,15-16H2,1-2H3,(H,24,26)/b11-9+. The Bertz CT molecular complexity index is 808. The molecule has 1 fully saturated rings. The second kappa shape index (κ2) is 9.90. The third-order valence-corrected chi connectivity index (χ3v) is 4.80. The lowest BCUT2D eigenvalue weighted by Crippen LogP contribution is -2.47. The number of aromatic nitrogens is 1. The van der Waals surface area contributed by atoms with E-state index in [0.29, 0.717) is 11.5 Å². The maximum Gasteiger partial charge on any atom is 0.244 e. The van der Waals surface area contributed by atoms with Gasteiger partial charge >= 0.3 is 0 Å². The number of pyridine rings is 1. The minimum absolute atomic E-state index is 0.0838. The number of hydrogen-bond acceptors (Lipinski definition) is 5. The summed E-state index contributed by atoms with van der Waals surface area (Å²) in [6.07, 6.45) is 7.23. The zero-order valence-electron chi connectivity index (χ0n) is 16.4. The van der Waals surface area contributed by atoms with Crippen LogP contribution in [0.15, 0.2) is 48.7 Å². The molecule has 1 atom stereocenters. The van der Waals surface area contributed by atoms with E-state index >= 15 is 0 Å². The SMILES string of the molecule is COc1ccc(/C=C/C(=O)NC2CCCN(Cc3ccccn3)C2)cc1OC. The normalized spacial score (nSPS) is 17.4. The van der Waals surface area contributed by atoms with Gasteiger partial charge in [0, 0.05) is 31.4 Å². The molecule has 0 spiro atoms. The van der Waals surface area contributed by atoms with Gasteiger partial charge in [0.1, 0.15) is 0 Å². The van der Waals surface area contributed by atoms with E-state index in [1.165, 1.54) is 0 Å². The van der Waals surface area contributed by atoms with Gasteiger partial charge < -0.3 is 14.8 Å². The number of methoxy groups -OCH3 is 2. The van der Waals surface area contributed by atoms with E-state index in [0.717, 1.165) is 43.7 Å². The summed E-state index contributed by atoms with van der Waals surface area (Å²) in [4.78, 5) is 19.1. The van der Waals surface area contributed by atoms with Gasteiger partial charge in [-0.3, -0.25) is 14.7 Å². The van der Waals surface area contributed by atoms with Gasteiger partial charge in [0.25, 0.3) is 0 Å². The molecule has 1 saturated heterocycles. The van der Waals surface area contributed by atoms with Crippen LogP contribution in [0, 0.1) is 0 Å². The number of piperidine rings is 1. The van der Waals surface area contributed by atoms with Gasteiger partial charge in [-0.2, -0.15) is 0 Å². The number of carbonyl (C=O) groups excluding carboxylic acids is 1. The zero-order chi connectivity index (χ0) is 19.8. The van der Waals surface area contributed by atoms with Gasteiger partial charge in [0.2, 0.25) is 5.91 Å². The highest BCUT2D eigenvalue weighted by Crippen LogP contribution is 2.27. The van der Waals surface area contributed by atoms with Crippen molar-refractivity contribution in [3.05, 3.63) is 59.9 Å². The molecule has 28 heavy (non-hydrogen) atoms. The summed E-state index contributed by atoms with van der Waals surface area (Å²) < 4.78 is 10.5. The Labute approximate surface area is 166 Å². The molecular formula is C22H27N3O3. The Morgan fingerprint density at radius 1 is 1.25 bits per heavy atom. The number of carbonyl (C=O) groups is 1. The number of rotatable bonds is 7. The minimum Gasteiger partial charge on any atom is -0.493 e. The van der Waals surface area contributed by atoms with Crippen LogP contribution in [0.25, 0.3) is 6.08 Å². The number of hydrogen-bond donors (Lipinski definition) is 1. The quantitative estimate of drug-likeness (QED) is 0.747. The monoisotopic (exact) mass is 381 g/mol. The lowest BCUT2D eigenvalue weighted by Gasteiger charge is -2.32. The highest BCUT2D eigenvalue weighted by Gasteiger charge is 2.21. The summed E-state index contributed by atoms with van der Waals surface area (Å²) in [5.41, 5.74) is 1.94. The molecule has 1 N–H and O–H groups in total. The first-order valence-corrected chi connectivity index (χ1v) is 9.51. The molecule has 2 heterocycles. The van der Waals surface area contributed by atoms with Crippen molar-refractivity contribution in [3.63, 3.8) is 0 Å². The molecule has 0 saturated carbocycles. The average Bonchev–Trinajstić information content (AvgIpc) is 2.73. The second-order valence-electron chi connectivity index (χ2n) is 6.85. The minimum atomic E-state index is -0.0838. The van der Waals surface area contributed by atoms with E-state index in [9.17, 15) is 4.79 Å². The molecule has 6 heteroatoms. The van der Waals surface area contributed by atoms with Crippen molar-refractivity contribution in [2.45, 2.75) is 25.4 Å². The smallest absolute Gasteiger partial charge is 0.244 e. The molecule has 6 nitrogen and oxygen atoms in total. The lowest BCUT2D eigenvalue weighted by molar-refractivity contribution is -0.117. The fourth-order valence-electron chi connectivity index (χ4n) is 3.42. The van der Waals surface area contributed by atoms with E-state index in [1.54, 1.807) is 26.4 Å². The average molecular weight is 381 g/mol. The Kier molecular flexibility index (Phi) is 7.03. The number of likely N-dealkylation sites (tertiary alicyclic amines) is 1. The highest BCUT2D eigenvalue weighted by molar-refractivity contribution is 5.92. The van der Waals surface area contributed by atoms with Gasteiger partial charge in [-0.05, 0) is 55.3 Å². The van der Waals surface area contributed by atoms with Crippen LogP contribution in [-0.2, 0) is 11.3 Å². The maximum absolute atomic E-state index is 12.3. The van der Waals surface area contributed by atoms with Gasteiger partial charge in [0.15, 0.2) is 11.5 Å². The van der Waals surface area contributed by atoms with Crippen LogP contribution in [0.4, 0.5) is 0 Å². The molecule has 148 valence electrons. The van der Waals surface area contributed by atoms with Crippen molar-refractivity contribution in [2.24, 2.45) is 0 Å². The zero-order valence-corrected chi connectivity index (χ0v) is 16.4. The predicted molar refractivity (Wildman–Crippen MR) is 109 cm³/mol. The molecule has 0 bridgehead atoms. The van der Waals surface area contributed by atoms with Crippen molar-refractivity contribution in [1.29, 1.82) is 0 Å². The van der Waals surface area contributed by atoms with Crippen LogP contribution in [0.5, 0.6) is 11.5 Å². The molecule has 1 aliphatic heterocycles. The van der Waals surface area contributed by atoms with E-state index in [4.69, 9.17) is 9.47 Å². The predicted octanol–water partition coefficient (Wildman–Crippen LogP) is 2.89. The summed E-state index contributed by atoms with van der Waals surface area (Å²) >= 11 is 0. The third-order valence-electron chi connectivity index (χ3n) is 4.80. The Balaban J connectivity index is 1.53. The van der Waals surface area contributed by atoms with Crippen LogP contribution in [0.3, 0.4) is 0 Å². The fraction of sp³-hybridized carbons (Fsp3) is 0.364. The lowest BCUT2D eigenvalue weighted by atomic mass is 10.1. The number of benzene rings is 1. The molecule has 2 aromatic rings. The van der Waals surface area contributed by atoms with Crippen molar-refractivity contribution < 1.29 is 14.3 Å². The van der Waals surface area contributed by atoms with E-state index in [2.05, 4.69) is 15.2 Å². The number of nitrogens with zero attached hydrogens (tertiary/aromatic N) is 2. The molecule has 1 amide bonds. The van der Waals surface area contributed by atoms with Crippen LogP contribution in [0.2, 0.25) is 0 Å². The Morgan fingerprint density at radius 2 is 2.11 bits per heavy atom. The van der Waals surface area contributed by atoms with Crippen molar-refractivity contribution in [2.75, 3.05) is 27.3 Å². The Morgan fingerprint density at radius 3 is 2.86 bits per heavy atom. The van der Waals surface area contributed by atoms with E-state index < -0.39 is 0 Å². The highest BCUT2D eigenvalue weighted by atomic mass is 16.5. The molecular weight excluding hydrogens is 354 g/mol. The van der Waals surface area contributed by atoms with Crippen molar-refractivity contribution in [3.8, 4) is 11.5 Å². The molecule has 1 aromatic carbocycles. The summed E-state index contributed by atoms with van der Waals surface area (Å²) in [6, 6.07) is 11.7. The first-order chi connectivity index (χ1) is 13.7. The molecule has 1 unspecified atom stereocenters. The second-order valence-corrected chi connectivity index (χ2v) is 6.85. The maximum atomic E-state index is 12.3. The number of amides is 1. The van der Waals surface area contributed by atoms with Gasteiger partial charge in [-0.1, -0.05) is 12.1 Å². The van der Waals surface area contributed by atoms with Gasteiger partial charge in [-0.25, -0.2) is 0 Å². The van der Waals surface area contributed by atoms with Gasteiger partial charge in [-0.15, -0.1) is 0 Å². The van der Waals surface area contributed by atoms with Gasteiger partial charge in [0.05, 0.1) is 19.9 Å². The van der Waals surface area contributed by atoms with E-state index in [-0.39, 0.29) is 11.9 Å². The first-order valence-electron chi connectivity index (χ1n) is 9.51. The topological polar surface area (TPSA) is 63.7 Å². The first kappa shape index (κ1) is 19.9. The Hall–Kier alpha value is -2.86. The number of nitrogens with one attached hydrogen (secondary N) is 1. The van der Waals surface area contributed by atoms with Crippen LogP contribution in [0.1, 0.15) is 24.1 Å². The summed E-state index contributed by atoms with van der Waals surface area (Å²) in [6.45, 7) is 2.69.